The van der Waals surface area contributed by atoms with Crippen molar-refractivity contribution in [1.29, 1.82) is 0 Å². The molecule has 0 bridgehead atoms. The largest absolute Gasteiger partial charge is 0.493 e. The van der Waals surface area contributed by atoms with E-state index < -0.39 is 28.0 Å². The molecule has 3 atom stereocenters. The smallest absolute Gasteiger partial charge is 0.312 e. The van der Waals surface area contributed by atoms with Crippen molar-refractivity contribution in [2.24, 2.45) is 11.8 Å². The zero-order valence-corrected chi connectivity index (χ0v) is 26.8. The van der Waals surface area contributed by atoms with E-state index in [1.54, 1.807) is 35.7 Å². The van der Waals surface area contributed by atoms with E-state index in [-0.39, 0.29) is 6.61 Å². The molecule has 4 aromatic rings. The molecule has 0 unspecified atom stereocenters. The van der Waals surface area contributed by atoms with E-state index in [1.807, 2.05) is 78.9 Å². The number of cyclic esters (lactones) is 1. The van der Waals surface area contributed by atoms with Gasteiger partial charge < -0.3 is 33.5 Å². The maximum absolute atomic E-state index is 13.7. The van der Waals surface area contributed by atoms with Crippen molar-refractivity contribution in [3.8, 4) is 28.7 Å². The lowest BCUT2D eigenvalue weighted by molar-refractivity contribution is -0.144. The monoisotopic (exact) mass is 646 g/mol. The molecule has 0 aliphatic carbocycles. The van der Waals surface area contributed by atoms with Crippen LogP contribution in [0, 0.1) is 11.8 Å². The first-order valence-electron chi connectivity index (χ1n) is 14.5. The third kappa shape index (κ3) is 6.14. The highest BCUT2D eigenvalue weighted by Crippen LogP contribution is 2.62. The topological polar surface area (TPSA) is 92.7 Å². The lowest BCUT2D eigenvalue weighted by atomic mass is 9.82. The number of benzene rings is 4. The number of carbonyl (C=O) groups excluding carboxylic acids is 1. The second kappa shape index (κ2) is 13.6. The van der Waals surface area contributed by atoms with E-state index in [1.165, 1.54) is 21.3 Å². The fourth-order valence-electron chi connectivity index (χ4n) is 5.80. The molecular weight excluding hydrogens is 613 g/mol. The molecular formula is C35H34O8S2. The number of esters is 1. The maximum atomic E-state index is 13.7. The maximum Gasteiger partial charge on any atom is 0.312 e. The minimum absolute atomic E-state index is 0.0963. The van der Waals surface area contributed by atoms with Crippen molar-refractivity contribution in [3.63, 3.8) is 0 Å². The summed E-state index contributed by atoms with van der Waals surface area (Å²) in [4.78, 5) is 15.7. The number of aliphatic hydroxyl groups is 1. The normalized spacial score (nSPS) is 18.2. The SMILES string of the molecule is COc1cc([C@H](O)[C@H]2C(=O)OC[C@@H]2C(Sc2ccccc2)(Sc2ccccc2)c2ccc3c(c2)OCCO3)cc(OC)c1OC. The highest BCUT2D eigenvalue weighted by molar-refractivity contribution is 8.17. The predicted molar refractivity (Wildman–Crippen MR) is 173 cm³/mol. The molecule has 0 radical (unpaired) electrons. The third-order valence-electron chi connectivity index (χ3n) is 7.94. The number of thioether (sulfide) groups is 2. The number of hydrogen-bond donors (Lipinski definition) is 1. The number of hydrogen-bond acceptors (Lipinski definition) is 10. The summed E-state index contributed by atoms with van der Waals surface area (Å²) < 4.78 is 33.5. The molecule has 8 nitrogen and oxygen atoms in total. The molecule has 0 saturated carbocycles. The number of aliphatic hydroxyl groups excluding tert-OH is 1. The van der Waals surface area contributed by atoms with Gasteiger partial charge in [-0.05, 0) is 59.7 Å². The van der Waals surface area contributed by atoms with Crippen LogP contribution in [0.4, 0.5) is 0 Å². The highest BCUT2D eigenvalue weighted by atomic mass is 32.2. The molecule has 234 valence electrons. The van der Waals surface area contributed by atoms with Gasteiger partial charge in [0.25, 0.3) is 0 Å². The molecule has 45 heavy (non-hydrogen) atoms. The van der Waals surface area contributed by atoms with Crippen LogP contribution in [0.5, 0.6) is 28.7 Å². The highest BCUT2D eigenvalue weighted by Gasteiger charge is 2.55. The van der Waals surface area contributed by atoms with E-state index in [9.17, 15) is 9.90 Å². The van der Waals surface area contributed by atoms with Crippen molar-refractivity contribution in [3.05, 3.63) is 102 Å². The van der Waals surface area contributed by atoms with Gasteiger partial charge >= 0.3 is 5.97 Å². The summed E-state index contributed by atoms with van der Waals surface area (Å²) in [6.45, 7) is 1.01. The molecule has 2 aliphatic heterocycles. The van der Waals surface area contributed by atoms with E-state index in [2.05, 4.69) is 0 Å². The van der Waals surface area contributed by atoms with Gasteiger partial charge in [0.15, 0.2) is 23.0 Å². The fourth-order valence-corrected chi connectivity index (χ4v) is 9.05. The first-order valence-corrected chi connectivity index (χ1v) is 16.1. The number of rotatable bonds is 11. The molecule has 6 rings (SSSR count). The number of carbonyl (C=O) groups is 1. The van der Waals surface area contributed by atoms with Crippen LogP contribution in [0.2, 0.25) is 0 Å². The van der Waals surface area contributed by atoms with Crippen molar-refractivity contribution in [2.45, 2.75) is 20.0 Å². The quantitative estimate of drug-likeness (QED) is 0.107. The van der Waals surface area contributed by atoms with Crippen LogP contribution < -0.4 is 23.7 Å². The summed E-state index contributed by atoms with van der Waals surface area (Å²) in [5.74, 6) is 0.536. The lowest BCUT2D eigenvalue weighted by Gasteiger charge is -2.41. The molecule has 2 aliphatic rings. The zero-order chi connectivity index (χ0) is 31.4. The Morgan fingerprint density at radius 1 is 0.756 bits per heavy atom. The van der Waals surface area contributed by atoms with Crippen LogP contribution in [0.1, 0.15) is 17.2 Å². The Balaban J connectivity index is 1.53. The van der Waals surface area contributed by atoms with E-state index in [0.717, 1.165) is 15.4 Å². The van der Waals surface area contributed by atoms with Crippen LogP contribution in [0.15, 0.2) is 101 Å². The standard InChI is InChI=1S/C35H34O8S2/c1-38-29-18-22(19-30(39-2)33(29)40-3)32(36)31-26(21-43-34(31)37)35(44-24-10-6-4-7-11-24,45-25-12-8-5-9-13-25)23-14-15-27-28(20-23)42-17-16-41-27/h4-15,18-20,26,31-32,36H,16-17,21H2,1-3H3/t26-,31-,32-/m0/s1. The molecule has 1 saturated heterocycles. The Labute approximate surface area is 270 Å². The van der Waals surface area contributed by atoms with Gasteiger partial charge in [-0.15, -0.1) is 23.5 Å². The van der Waals surface area contributed by atoms with Crippen molar-refractivity contribution in [1.82, 2.24) is 0 Å². The summed E-state index contributed by atoms with van der Waals surface area (Å²) in [6.07, 6.45) is -1.25. The van der Waals surface area contributed by atoms with Crippen LogP contribution in [0.3, 0.4) is 0 Å². The van der Waals surface area contributed by atoms with Gasteiger partial charge in [0.1, 0.15) is 17.3 Å². The summed E-state index contributed by atoms with van der Waals surface area (Å²) in [5, 5.41) is 12.1. The van der Waals surface area contributed by atoms with Gasteiger partial charge in [-0.1, -0.05) is 42.5 Å². The van der Waals surface area contributed by atoms with Crippen molar-refractivity contribution >= 4 is 29.5 Å². The minimum Gasteiger partial charge on any atom is -0.493 e. The number of ether oxygens (including phenoxy) is 6. The third-order valence-corrected chi connectivity index (χ3v) is 11.1. The number of fused-ring (bicyclic) bond motifs is 1. The molecule has 10 heteroatoms. The second-order valence-electron chi connectivity index (χ2n) is 10.5. The average molecular weight is 647 g/mol. The molecule has 1 N–H and O–H groups in total. The Morgan fingerprint density at radius 2 is 1.33 bits per heavy atom. The van der Waals surface area contributed by atoms with Crippen molar-refractivity contribution in [2.75, 3.05) is 41.2 Å². The van der Waals surface area contributed by atoms with Crippen LogP contribution in [0.25, 0.3) is 0 Å². The molecule has 2 heterocycles. The number of methoxy groups -OCH3 is 3. The van der Waals surface area contributed by atoms with Gasteiger partial charge in [0.05, 0.1) is 40.0 Å². The first kappa shape index (κ1) is 31.0. The summed E-state index contributed by atoms with van der Waals surface area (Å²) in [6, 6.07) is 29.4. The molecule has 0 amide bonds. The minimum atomic E-state index is -1.25. The summed E-state index contributed by atoms with van der Waals surface area (Å²) in [7, 11) is 4.55. The predicted octanol–water partition coefficient (Wildman–Crippen LogP) is 6.74. The van der Waals surface area contributed by atoms with Gasteiger partial charge in [-0.3, -0.25) is 4.79 Å². The first-order chi connectivity index (χ1) is 22.0. The van der Waals surface area contributed by atoms with Gasteiger partial charge in [0, 0.05) is 15.7 Å². The van der Waals surface area contributed by atoms with E-state index >= 15 is 0 Å². The van der Waals surface area contributed by atoms with E-state index in [4.69, 9.17) is 28.4 Å². The Kier molecular flexibility index (Phi) is 9.34. The molecule has 1 fully saturated rings. The Bertz CT molecular complexity index is 1570. The average Bonchev–Trinajstić information content (AvgIpc) is 3.49. The lowest BCUT2D eigenvalue weighted by Crippen LogP contribution is -2.37. The molecule has 0 aromatic heterocycles. The zero-order valence-electron chi connectivity index (χ0n) is 25.1. The summed E-state index contributed by atoms with van der Waals surface area (Å²) in [5.41, 5.74) is 1.35. The molecule has 4 aromatic carbocycles. The summed E-state index contributed by atoms with van der Waals surface area (Å²) >= 11 is 3.25. The second-order valence-corrected chi connectivity index (χ2v) is 13.4. The van der Waals surface area contributed by atoms with Crippen molar-refractivity contribution < 1.29 is 38.3 Å². The van der Waals surface area contributed by atoms with Crippen LogP contribution >= 0.6 is 23.5 Å². The fraction of sp³-hybridized carbons (Fsp3) is 0.286. The van der Waals surface area contributed by atoms with Gasteiger partial charge in [0.2, 0.25) is 5.75 Å². The van der Waals surface area contributed by atoms with Crippen LogP contribution in [-0.4, -0.2) is 52.2 Å². The van der Waals surface area contributed by atoms with Crippen LogP contribution in [-0.2, 0) is 13.6 Å². The molecule has 0 spiro atoms. The Hall–Kier alpha value is -3.99. The van der Waals surface area contributed by atoms with Gasteiger partial charge in [-0.2, -0.15) is 0 Å². The van der Waals surface area contributed by atoms with E-state index in [0.29, 0.717) is 47.5 Å². The Morgan fingerprint density at radius 3 is 1.89 bits per heavy atom. The van der Waals surface area contributed by atoms with Gasteiger partial charge in [-0.25, -0.2) is 0 Å².